The monoisotopic (exact) mass is 250 g/mol. The van der Waals surface area contributed by atoms with Crippen LogP contribution in [0.3, 0.4) is 0 Å². The smallest absolute Gasteiger partial charge is 0.103 e. The van der Waals surface area contributed by atoms with E-state index >= 15 is 0 Å². The summed E-state index contributed by atoms with van der Waals surface area (Å²) in [6.07, 6.45) is 0. The summed E-state index contributed by atoms with van der Waals surface area (Å²) in [6.45, 7) is 2.63. The molecule has 2 N–H and O–H groups in total. The minimum atomic E-state index is 0.602. The van der Waals surface area contributed by atoms with Gasteiger partial charge in [0.15, 0.2) is 0 Å². The average molecular weight is 250 g/mol. The predicted octanol–water partition coefficient (Wildman–Crippen LogP) is 3.20. The number of aryl methyl sites for hydroxylation is 1. The fourth-order valence-electron chi connectivity index (χ4n) is 1.38. The average Bonchev–Trinajstić information content (AvgIpc) is 2.73. The molecular weight excluding hydrogens is 236 g/mol. The molecule has 0 atom stereocenters. The van der Waals surface area contributed by atoms with Gasteiger partial charge < -0.3 is 5.73 Å². The maximum Gasteiger partial charge on any atom is 0.103 e. The van der Waals surface area contributed by atoms with Gasteiger partial charge in [0.2, 0.25) is 0 Å². The quantitative estimate of drug-likeness (QED) is 0.847. The van der Waals surface area contributed by atoms with Gasteiger partial charge in [-0.05, 0) is 24.6 Å². The Labute approximate surface area is 104 Å². The molecule has 0 unspecified atom stereocenters. The van der Waals surface area contributed by atoms with Gasteiger partial charge in [0.25, 0.3) is 0 Å². The zero-order valence-electron chi connectivity index (χ0n) is 9.14. The highest BCUT2D eigenvalue weighted by molar-refractivity contribution is 7.98. The van der Waals surface area contributed by atoms with E-state index in [1.165, 1.54) is 15.5 Å². The van der Waals surface area contributed by atoms with Gasteiger partial charge in [0, 0.05) is 22.5 Å². The Morgan fingerprint density at radius 1 is 1.44 bits per heavy atom. The highest BCUT2D eigenvalue weighted by Gasteiger charge is 2.00. The Morgan fingerprint density at radius 3 is 3.00 bits per heavy atom. The maximum absolute atomic E-state index is 5.61. The molecule has 0 aliphatic rings. The number of hydrogen-bond acceptors (Lipinski definition) is 4. The summed E-state index contributed by atoms with van der Waals surface area (Å²) in [7, 11) is 0. The van der Waals surface area contributed by atoms with Crippen LogP contribution in [0.2, 0.25) is 0 Å². The molecule has 0 saturated heterocycles. The Hall–Kier alpha value is -0.840. The molecule has 2 nitrogen and oxygen atoms in total. The second-order valence-corrected chi connectivity index (χ2v) is 5.51. The fourth-order valence-corrected chi connectivity index (χ4v) is 3.15. The number of aromatic nitrogens is 1. The zero-order chi connectivity index (χ0) is 11.4. The molecule has 0 amide bonds. The molecule has 0 saturated carbocycles. The first kappa shape index (κ1) is 11.6. The van der Waals surface area contributed by atoms with E-state index in [9.17, 15) is 0 Å². The fraction of sp³-hybridized carbons (Fsp3) is 0.250. The lowest BCUT2D eigenvalue weighted by Gasteiger charge is -2.01. The van der Waals surface area contributed by atoms with E-state index in [1.807, 2.05) is 18.7 Å². The van der Waals surface area contributed by atoms with Crippen molar-refractivity contribution in [3.8, 4) is 0 Å². The van der Waals surface area contributed by atoms with E-state index in [4.69, 9.17) is 5.73 Å². The molecule has 1 aromatic heterocycles. The van der Waals surface area contributed by atoms with Crippen molar-refractivity contribution >= 4 is 23.1 Å². The lowest BCUT2D eigenvalue weighted by molar-refractivity contribution is 1.06. The summed E-state index contributed by atoms with van der Waals surface area (Å²) in [5.41, 5.74) is 7.90. The molecule has 0 bridgehead atoms. The van der Waals surface area contributed by atoms with Crippen LogP contribution in [0, 0.1) is 6.92 Å². The number of nitrogens with zero attached hydrogens (tertiary/aromatic N) is 1. The molecular formula is C12H14N2S2. The molecule has 1 aromatic carbocycles. The number of nitrogens with two attached hydrogens (primary N) is 1. The molecule has 0 spiro atoms. The summed E-state index contributed by atoms with van der Waals surface area (Å²) in [5, 5.41) is 3.27. The molecule has 0 fully saturated rings. The van der Waals surface area contributed by atoms with Gasteiger partial charge in [-0.2, -0.15) is 0 Å². The Balaban J connectivity index is 1.99. The van der Waals surface area contributed by atoms with Gasteiger partial charge in [0.05, 0.1) is 5.75 Å². The second kappa shape index (κ2) is 5.48. The van der Waals surface area contributed by atoms with Crippen LogP contribution in [0.5, 0.6) is 0 Å². The van der Waals surface area contributed by atoms with Crippen molar-refractivity contribution in [3.05, 3.63) is 45.9 Å². The van der Waals surface area contributed by atoms with Crippen LogP contribution in [0.4, 0.5) is 0 Å². The van der Waals surface area contributed by atoms with Gasteiger partial charge in [-0.25, -0.2) is 4.98 Å². The lowest BCUT2D eigenvalue weighted by atomic mass is 10.2. The van der Waals surface area contributed by atoms with E-state index in [1.54, 1.807) is 11.3 Å². The van der Waals surface area contributed by atoms with Gasteiger partial charge in [-0.3, -0.25) is 0 Å². The predicted molar refractivity (Wildman–Crippen MR) is 70.7 cm³/mol. The summed E-state index contributed by atoms with van der Waals surface area (Å²) >= 11 is 3.53. The number of thiazole rings is 1. The van der Waals surface area contributed by atoms with E-state index < -0.39 is 0 Å². The summed E-state index contributed by atoms with van der Waals surface area (Å²) in [5.74, 6) is 0.937. The van der Waals surface area contributed by atoms with Gasteiger partial charge in [0.1, 0.15) is 5.01 Å². The molecule has 1 heterocycles. The standard InChI is InChI=1S/C12H14N2S2/c1-9-7-16-12(14-9)8-15-11-4-2-3-10(5-11)6-13/h2-5,7H,6,8,13H2,1H3. The first-order valence-corrected chi connectivity index (χ1v) is 6.97. The van der Waals surface area contributed by atoms with Crippen LogP contribution in [0.1, 0.15) is 16.3 Å². The number of hydrogen-bond donors (Lipinski definition) is 1. The van der Waals surface area contributed by atoms with Crippen LogP contribution >= 0.6 is 23.1 Å². The Morgan fingerprint density at radius 2 is 2.31 bits per heavy atom. The van der Waals surface area contributed by atoms with E-state index in [2.05, 4.69) is 34.6 Å². The Kier molecular flexibility index (Phi) is 3.98. The van der Waals surface area contributed by atoms with Crippen molar-refractivity contribution in [2.45, 2.75) is 24.1 Å². The summed E-state index contributed by atoms with van der Waals surface area (Å²) < 4.78 is 0. The van der Waals surface area contributed by atoms with Crippen LogP contribution in [-0.4, -0.2) is 4.98 Å². The third-order valence-corrected chi connectivity index (χ3v) is 4.32. The largest absolute Gasteiger partial charge is 0.326 e. The summed E-state index contributed by atoms with van der Waals surface area (Å²) in [4.78, 5) is 5.70. The first-order chi connectivity index (χ1) is 7.78. The Bertz CT molecular complexity index is 466. The normalized spacial score (nSPS) is 10.6. The minimum absolute atomic E-state index is 0.602. The third-order valence-electron chi connectivity index (χ3n) is 2.16. The molecule has 0 radical (unpaired) electrons. The molecule has 2 aromatic rings. The first-order valence-electron chi connectivity index (χ1n) is 5.11. The molecule has 0 aliphatic carbocycles. The van der Waals surface area contributed by atoms with Gasteiger partial charge in [-0.15, -0.1) is 23.1 Å². The SMILES string of the molecule is Cc1csc(CSc2cccc(CN)c2)n1. The van der Waals surface area contributed by atoms with Crippen LogP contribution in [-0.2, 0) is 12.3 Å². The summed E-state index contributed by atoms with van der Waals surface area (Å²) in [6, 6.07) is 8.37. The zero-order valence-corrected chi connectivity index (χ0v) is 10.8. The molecule has 0 aliphatic heterocycles. The number of benzene rings is 1. The number of rotatable bonds is 4. The topological polar surface area (TPSA) is 38.9 Å². The highest BCUT2D eigenvalue weighted by Crippen LogP contribution is 2.24. The van der Waals surface area contributed by atoms with Crippen molar-refractivity contribution in [1.82, 2.24) is 4.98 Å². The van der Waals surface area contributed by atoms with Crippen molar-refractivity contribution < 1.29 is 0 Å². The van der Waals surface area contributed by atoms with E-state index in [0.29, 0.717) is 6.54 Å². The van der Waals surface area contributed by atoms with Gasteiger partial charge in [-0.1, -0.05) is 12.1 Å². The van der Waals surface area contributed by atoms with Crippen molar-refractivity contribution in [2.75, 3.05) is 0 Å². The van der Waals surface area contributed by atoms with Crippen molar-refractivity contribution in [3.63, 3.8) is 0 Å². The molecule has 84 valence electrons. The van der Waals surface area contributed by atoms with Crippen LogP contribution < -0.4 is 5.73 Å². The second-order valence-electron chi connectivity index (χ2n) is 3.52. The molecule has 4 heteroatoms. The van der Waals surface area contributed by atoms with Crippen LogP contribution in [0.15, 0.2) is 34.5 Å². The van der Waals surface area contributed by atoms with E-state index in [-0.39, 0.29) is 0 Å². The van der Waals surface area contributed by atoms with Gasteiger partial charge >= 0.3 is 0 Å². The number of thioether (sulfide) groups is 1. The highest BCUT2D eigenvalue weighted by atomic mass is 32.2. The van der Waals surface area contributed by atoms with E-state index in [0.717, 1.165) is 11.4 Å². The third kappa shape index (κ3) is 3.07. The molecule has 2 rings (SSSR count). The molecule has 16 heavy (non-hydrogen) atoms. The van der Waals surface area contributed by atoms with Crippen LogP contribution in [0.25, 0.3) is 0 Å². The van der Waals surface area contributed by atoms with Crippen molar-refractivity contribution in [2.24, 2.45) is 5.73 Å². The lowest BCUT2D eigenvalue weighted by Crippen LogP contribution is -1.95. The maximum atomic E-state index is 5.61. The minimum Gasteiger partial charge on any atom is -0.326 e. The van der Waals surface area contributed by atoms with Crippen molar-refractivity contribution in [1.29, 1.82) is 0 Å².